The summed E-state index contributed by atoms with van der Waals surface area (Å²) in [6, 6.07) is 17.9. The van der Waals surface area contributed by atoms with Gasteiger partial charge in [-0.2, -0.15) is 24.3 Å². The maximum atomic E-state index is 8.93. The molecule has 0 atom stereocenters. The van der Waals surface area contributed by atoms with Crippen LogP contribution in [0.25, 0.3) is 0 Å². The van der Waals surface area contributed by atoms with Crippen molar-refractivity contribution < 1.29 is 36.1 Å². The third-order valence-electron chi connectivity index (χ3n) is 7.03. The molecule has 35 heavy (non-hydrogen) atoms. The largest absolute Gasteiger partial charge is 4.00 e. The van der Waals surface area contributed by atoms with Gasteiger partial charge in [-0.15, -0.1) is 23.6 Å². The topological polar surface area (TPSA) is 52.6 Å². The van der Waals surface area contributed by atoms with Crippen molar-refractivity contribution in [1.82, 2.24) is 9.13 Å². The Hall–Kier alpha value is -0.156. The summed E-state index contributed by atoms with van der Waals surface area (Å²) in [6.45, 7) is 18.4. The molecule has 2 aromatic carbocycles. The maximum absolute atomic E-state index is 8.93. The van der Waals surface area contributed by atoms with Crippen molar-refractivity contribution in [3.8, 4) is 0 Å². The molecule has 2 fully saturated rings. The number of nitrogens with zero attached hydrogens (tertiary/aromatic N) is 2. The van der Waals surface area contributed by atoms with E-state index in [1.165, 1.54) is 64.7 Å². The third-order valence-corrected chi connectivity index (χ3v) is 14.6. The SMILES string of the molecule is CC[O-].CC[O-].C[Si](C)([c-]1cccc1)N1CCCCC1.C[Si](C)([c-]1cccc1)N1CCCCC1.[Hf+4]. The Bertz CT molecular complexity index is 647. The summed E-state index contributed by atoms with van der Waals surface area (Å²) in [7, 11) is -2.59. The zero-order chi connectivity index (χ0) is 25.5. The van der Waals surface area contributed by atoms with E-state index in [0.717, 1.165) is 0 Å². The number of hydrogen-bond acceptors (Lipinski definition) is 4. The van der Waals surface area contributed by atoms with Crippen LogP contribution in [0.2, 0.25) is 26.2 Å². The second-order valence-corrected chi connectivity index (χ2v) is 18.8. The first-order valence-electron chi connectivity index (χ1n) is 13.4. The molecule has 0 amide bonds. The van der Waals surface area contributed by atoms with Gasteiger partial charge in [-0.3, -0.25) is 0 Å². The first-order chi connectivity index (χ1) is 16.2. The van der Waals surface area contributed by atoms with Crippen LogP contribution in [0.1, 0.15) is 52.4 Å². The van der Waals surface area contributed by atoms with Crippen LogP contribution < -0.4 is 20.6 Å². The van der Waals surface area contributed by atoms with E-state index < -0.39 is 16.5 Å². The Morgan fingerprint density at radius 1 is 0.571 bits per heavy atom. The minimum absolute atomic E-state index is 0. The van der Waals surface area contributed by atoms with Crippen molar-refractivity contribution in [3.05, 3.63) is 48.5 Å². The molecule has 2 heterocycles. The van der Waals surface area contributed by atoms with Crippen molar-refractivity contribution in [1.29, 1.82) is 0 Å². The molecule has 0 bridgehead atoms. The van der Waals surface area contributed by atoms with E-state index in [0.29, 0.717) is 0 Å². The van der Waals surface area contributed by atoms with Gasteiger partial charge >= 0.3 is 25.8 Å². The average molecular weight is 681 g/mol. The van der Waals surface area contributed by atoms with Crippen LogP contribution in [0.4, 0.5) is 0 Å². The molecular formula is C28H50HfN2O2Si2. The fourth-order valence-electron chi connectivity index (χ4n) is 4.83. The summed E-state index contributed by atoms with van der Waals surface area (Å²) in [5.41, 5.74) is 0. The van der Waals surface area contributed by atoms with E-state index in [-0.39, 0.29) is 39.1 Å². The molecule has 0 radical (unpaired) electrons. The van der Waals surface area contributed by atoms with Gasteiger partial charge in [-0.05, 0) is 51.9 Å². The molecule has 4 rings (SSSR count). The number of piperidine rings is 2. The van der Waals surface area contributed by atoms with Crippen molar-refractivity contribution in [2.24, 2.45) is 0 Å². The van der Waals surface area contributed by atoms with Crippen LogP contribution in [0.5, 0.6) is 0 Å². The monoisotopic (exact) mass is 682 g/mol. The molecule has 2 aliphatic heterocycles. The van der Waals surface area contributed by atoms with Crippen LogP contribution in [-0.2, 0) is 25.8 Å². The smallest absolute Gasteiger partial charge is 0.855 e. The van der Waals surface area contributed by atoms with Crippen LogP contribution >= 0.6 is 0 Å². The third kappa shape index (κ3) is 11.8. The molecule has 4 nitrogen and oxygen atoms in total. The Morgan fingerprint density at radius 3 is 1.03 bits per heavy atom. The van der Waals surface area contributed by atoms with Gasteiger partial charge in [0.2, 0.25) is 0 Å². The van der Waals surface area contributed by atoms with Crippen LogP contribution in [0.3, 0.4) is 0 Å². The summed E-state index contributed by atoms with van der Waals surface area (Å²) in [6.07, 6.45) is 8.46. The van der Waals surface area contributed by atoms with Gasteiger partial charge in [0.05, 0.1) is 16.5 Å². The molecule has 0 saturated carbocycles. The van der Waals surface area contributed by atoms with E-state index in [2.05, 4.69) is 83.8 Å². The van der Waals surface area contributed by atoms with Crippen molar-refractivity contribution in [2.75, 3.05) is 39.4 Å². The number of rotatable bonds is 4. The summed E-state index contributed by atoms with van der Waals surface area (Å²) >= 11 is 0. The minimum Gasteiger partial charge on any atom is -0.855 e. The molecular weight excluding hydrogens is 631 g/mol. The van der Waals surface area contributed by atoms with Gasteiger partial charge in [0.15, 0.2) is 0 Å². The summed E-state index contributed by atoms with van der Waals surface area (Å²) < 4.78 is 5.51. The second-order valence-electron chi connectivity index (χ2n) is 10.1. The molecule has 7 heteroatoms. The Morgan fingerprint density at radius 2 is 0.800 bits per heavy atom. The fourth-order valence-corrected chi connectivity index (χ4v) is 10.4. The Labute approximate surface area is 237 Å². The van der Waals surface area contributed by atoms with E-state index in [1.54, 1.807) is 24.2 Å². The van der Waals surface area contributed by atoms with E-state index in [1.807, 2.05) is 0 Å². The molecule has 0 aromatic heterocycles. The molecule has 0 spiro atoms. The van der Waals surface area contributed by atoms with Gasteiger partial charge in [0, 0.05) is 0 Å². The van der Waals surface area contributed by atoms with Gasteiger partial charge in [-0.1, -0.05) is 52.9 Å². The molecule has 0 N–H and O–H groups in total. The van der Waals surface area contributed by atoms with Crippen LogP contribution in [0, 0.1) is 0 Å². The molecule has 0 unspecified atom stereocenters. The zero-order valence-corrected chi connectivity index (χ0v) is 28.9. The van der Waals surface area contributed by atoms with Crippen LogP contribution in [0.15, 0.2) is 48.5 Å². The standard InChI is InChI=1S/2C12H20NSi.2C2H5O.Hf/c2*1-14(2,12-8-4-5-9-12)13-10-6-3-7-11-13;2*1-2-3;/h2*4-5,8-9H,3,6-7,10-11H2,1-2H3;2*2H2,1H3;/q4*-1;+4. The zero-order valence-electron chi connectivity index (χ0n) is 23.3. The van der Waals surface area contributed by atoms with Crippen LogP contribution in [-0.4, -0.2) is 65.0 Å². The maximum Gasteiger partial charge on any atom is 4.00 e. The fraction of sp³-hybridized carbons (Fsp3) is 0.643. The van der Waals surface area contributed by atoms with Gasteiger partial charge in [0.25, 0.3) is 0 Å². The summed E-state index contributed by atoms with van der Waals surface area (Å²) in [5, 5.41) is 21.1. The van der Waals surface area contributed by atoms with Gasteiger partial charge in [-0.25, -0.2) is 24.3 Å². The molecule has 0 aliphatic carbocycles. The normalized spacial score (nSPS) is 16.9. The van der Waals surface area contributed by atoms with Gasteiger partial charge in [0.1, 0.15) is 0 Å². The first-order valence-corrected chi connectivity index (χ1v) is 19.3. The van der Waals surface area contributed by atoms with E-state index >= 15 is 0 Å². The van der Waals surface area contributed by atoms with E-state index in [4.69, 9.17) is 10.2 Å². The van der Waals surface area contributed by atoms with E-state index in [9.17, 15) is 0 Å². The minimum atomic E-state index is -1.29. The molecule has 2 aromatic rings. The summed E-state index contributed by atoms with van der Waals surface area (Å²) in [5.74, 6) is 0. The molecule has 2 saturated heterocycles. The van der Waals surface area contributed by atoms with Crippen molar-refractivity contribution >= 4 is 26.8 Å². The second kappa shape index (κ2) is 19.0. The average Bonchev–Trinajstić information content (AvgIpc) is 3.57. The predicted molar refractivity (Wildman–Crippen MR) is 150 cm³/mol. The molecule has 196 valence electrons. The first kappa shape index (κ1) is 34.8. The molecule has 2 aliphatic rings. The summed E-state index contributed by atoms with van der Waals surface area (Å²) in [4.78, 5) is 0. The number of hydrogen-bond donors (Lipinski definition) is 0. The Balaban J connectivity index is 0.000000528. The van der Waals surface area contributed by atoms with Crippen molar-refractivity contribution in [3.63, 3.8) is 0 Å². The Kier molecular flexibility index (Phi) is 18.9. The van der Waals surface area contributed by atoms with Crippen molar-refractivity contribution in [2.45, 2.75) is 78.6 Å². The predicted octanol–water partition coefficient (Wildman–Crippen LogP) is 3.34. The quantitative estimate of drug-likeness (QED) is 0.368. The van der Waals surface area contributed by atoms with Gasteiger partial charge < -0.3 is 19.3 Å².